The molecule has 0 radical (unpaired) electrons. The number of nitrogens with zero attached hydrogens (tertiary/aromatic N) is 1. The first-order chi connectivity index (χ1) is 33.9. The van der Waals surface area contributed by atoms with Crippen LogP contribution in [0, 0.1) is 0 Å². The first kappa shape index (κ1) is 40.5. The molecule has 1 aliphatic carbocycles. The standard InChI is InChI=1S/C67H47NO/c1-67(2)63-42-55(53-25-24-45-12-6-7-13-52(45)40-53)30-37-59(63)60-38-36-58(43-64(60)67)68(56-32-26-49(27-33-56)47-18-16-46(17-19-47)44-10-4-3-5-11-44)57-34-28-50(29-35-57)48-20-22-51(23-21-48)54-31-39-66-62(41-54)61-14-8-9-15-65(61)69-66/h3-43H,1-2H3. The average molecular weight is 882 g/mol. The minimum absolute atomic E-state index is 0.205. The number of anilines is 3. The van der Waals surface area contributed by atoms with Gasteiger partial charge in [-0.25, -0.2) is 0 Å². The third-order valence-corrected chi connectivity index (χ3v) is 14.5. The van der Waals surface area contributed by atoms with E-state index in [1.54, 1.807) is 0 Å². The molecule has 326 valence electrons. The maximum atomic E-state index is 6.11. The van der Waals surface area contributed by atoms with Gasteiger partial charge in [-0.05, 0) is 155 Å². The summed E-state index contributed by atoms with van der Waals surface area (Å²) in [6, 6.07) is 90.7. The largest absolute Gasteiger partial charge is 0.456 e. The van der Waals surface area contributed by atoms with Crippen LogP contribution in [0.15, 0.2) is 253 Å². The molecule has 0 saturated heterocycles. The Bertz CT molecular complexity index is 3880. The second-order valence-electron chi connectivity index (χ2n) is 18.9. The maximum absolute atomic E-state index is 6.11. The Morgan fingerprint density at radius 2 is 0.710 bits per heavy atom. The smallest absolute Gasteiger partial charge is 0.135 e. The van der Waals surface area contributed by atoms with Crippen molar-refractivity contribution in [2.24, 2.45) is 0 Å². The van der Waals surface area contributed by atoms with Crippen molar-refractivity contribution < 1.29 is 4.42 Å². The fourth-order valence-corrected chi connectivity index (χ4v) is 10.7. The quantitative estimate of drug-likeness (QED) is 0.151. The average Bonchev–Trinajstić information content (AvgIpc) is 3.90. The topological polar surface area (TPSA) is 16.4 Å². The predicted molar refractivity (Wildman–Crippen MR) is 291 cm³/mol. The molecule has 1 aromatic heterocycles. The number of fused-ring (bicyclic) bond motifs is 7. The number of furan rings is 1. The van der Waals surface area contributed by atoms with Crippen molar-refractivity contribution >= 4 is 49.8 Å². The fraction of sp³-hybridized carbons (Fsp3) is 0.0448. The first-order valence-corrected chi connectivity index (χ1v) is 23.9. The number of rotatable bonds is 8. The zero-order valence-electron chi connectivity index (χ0n) is 38.5. The van der Waals surface area contributed by atoms with Gasteiger partial charge in [0, 0.05) is 33.2 Å². The summed E-state index contributed by atoms with van der Waals surface area (Å²) in [5, 5.41) is 4.81. The van der Waals surface area contributed by atoms with E-state index in [4.69, 9.17) is 4.42 Å². The lowest BCUT2D eigenvalue weighted by Gasteiger charge is -2.28. The van der Waals surface area contributed by atoms with E-state index in [9.17, 15) is 0 Å². The van der Waals surface area contributed by atoms with E-state index in [-0.39, 0.29) is 5.41 Å². The van der Waals surface area contributed by atoms with Crippen LogP contribution in [0.2, 0.25) is 0 Å². The van der Waals surface area contributed by atoms with Gasteiger partial charge in [0.1, 0.15) is 11.2 Å². The molecular formula is C67H47NO. The number of benzene rings is 11. The van der Waals surface area contributed by atoms with E-state index in [1.807, 2.05) is 12.1 Å². The highest BCUT2D eigenvalue weighted by Crippen LogP contribution is 2.52. The summed E-state index contributed by atoms with van der Waals surface area (Å²) in [5.41, 5.74) is 22.3. The Labute approximate surface area is 403 Å². The molecule has 13 rings (SSSR count). The van der Waals surface area contributed by atoms with Gasteiger partial charge in [0.2, 0.25) is 0 Å². The lowest BCUT2D eigenvalue weighted by molar-refractivity contribution is 0.660. The number of hydrogen-bond donors (Lipinski definition) is 0. The highest BCUT2D eigenvalue weighted by molar-refractivity contribution is 6.06. The molecule has 0 amide bonds. The van der Waals surface area contributed by atoms with Crippen LogP contribution in [0.3, 0.4) is 0 Å². The van der Waals surface area contributed by atoms with Gasteiger partial charge in [-0.2, -0.15) is 0 Å². The normalized spacial score (nSPS) is 12.6. The minimum Gasteiger partial charge on any atom is -0.456 e. The fourth-order valence-electron chi connectivity index (χ4n) is 10.7. The molecule has 69 heavy (non-hydrogen) atoms. The third-order valence-electron chi connectivity index (χ3n) is 14.5. The second kappa shape index (κ2) is 16.3. The summed E-state index contributed by atoms with van der Waals surface area (Å²) < 4.78 is 6.11. The van der Waals surface area contributed by atoms with Gasteiger partial charge in [0.05, 0.1) is 0 Å². The lowest BCUT2D eigenvalue weighted by atomic mass is 9.81. The Morgan fingerprint density at radius 1 is 0.290 bits per heavy atom. The Kier molecular flexibility index (Phi) is 9.55. The van der Waals surface area contributed by atoms with Crippen LogP contribution in [0.1, 0.15) is 25.0 Å². The van der Waals surface area contributed by atoms with Crippen molar-refractivity contribution in [3.63, 3.8) is 0 Å². The number of hydrogen-bond acceptors (Lipinski definition) is 2. The van der Waals surface area contributed by atoms with Gasteiger partial charge in [0.25, 0.3) is 0 Å². The zero-order valence-corrected chi connectivity index (χ0v) is 38.5. The summed E-state index contributed by atoms with van der Waals surface area (Å²) in [5.74, 6) is 0. The van der Waals surface area contributed by atoms with E-state index in [0.29, 0.717) is 0 Å². The molecule has 1 aliphatic rings. The molecule has 0 fully saturated rings. The SMILES string of the molecule is CC1(C)c2cc(-c3ccc4ccccc4c3)ccc2-c2ccc(N(c3ccc(-c4ccc(-c5ccccc5)cc4)cc3)c3ccc(-c4ccc(-c5ccc6oc7ccccc7c6c5)cc4)cc3)cc21. The molecule has 0 unspecified atom stereocenters. The molecule has 0 saturated carbocycles. The Balaban J connectivity index is 0.841. The zero-order chi connectivity index (χ0) is 46.1. The maximum Gasteiger partial charge on any atom is 0.135 e. The van der Waals surface area contributed by atoms with Crippen LogP contribution in [0.25, 0.3) is 99.5 Å². The van der Waals surface area contributed by atoms with Crippen molar-refractivity contribution in [2.75, 3.05) is 4.90 Å². The number of para-hydroxylation sites is 1. The first-order valence-electron chi connectivity index (χ1n) is 23.9. The van der Waals surface area contributed by atoms with Gasteiger partial charge in [-0.1, -0.05) is 196 Å². The summed E-state index contributed by atoms with van der Waals surface area (Å²) >= 11 is 0. The molecule has 1 heterocycles. The van der Waals surface area contributed by atoms with E-state index in [2.05, 4.69) is 255 Å². The van der Waals surface area contributed by atoms with Gasteiger partial charge in [0.15, 0.2) is 0 Å². The molecule has 0 bridgehead atoms. The molecule has 0 aliphatic heterocycles. The Morgan fingerprint density at radius 3 is 1.36 bits per heavy atom. The summed E-state index contributed by atoms with van der Waals surface area (Å²) in [7, 11) is 0. The minimum atomic E-state index is -0.205. The lowest BCUT2D eigenvalue weighted by Crippen LogP contribution is -2.16. The second-order valence-corrected chi connectivity index (χ2v) is 18.9. The molecule has 0 N–H and O–H groups in total. The van der Waals surface area contributed by atoms with Gasteiger partial charge in [-0.15, -0.1) is 0 Å². The van der Waals surface area contributed by atoms with Gasteiger partial charge in [-0.3, -0.25) is 0 Å². The van der Waals surface area contributed by atoms with Gasteiger partial charge < -0.3 is 9.32 Å². The van der Waals surface area contributed by atoms with Crippen LogP contribution in [0.4, 0.5) is 17.1 Å². The van der Waals surface area contributed by atoms with Crippen LogP contribution in [-0.2, 0) is 5.41 Å². The van der Waals surface area contributed by atoms with Crippen LogP contribution < -0.4 is 4.90 Å². The Hall–Kier alpha value is -8.72. The summed E-state index contributed by atoms with van der Waals surface area (Å²) in [6.45, 7) is 4.76. The van der Waals surface area contributed by atoms with E-state index >= 15 is 0 Å². The van der Waals surface area contributed by atoms with E-state index < -0.39 is 0 Å². The molecule has 12 aromatic rings. The van der Waals surface area contributed by atoms with Crippen molar-refractivity contribution in [3.05, 3.63) is 260 Å². The van der Waals surface area contributed by atoms with E-state index in [1.165, 1.54) is 88.7 Å². The molecular weight excluding hydrogens is 835 g/mol. The highest BCUT2D eigenvalue weighted by atomic mass is 16.3. The van der Waals surface area contributed by atoms with Crippen LogP contribution in [-0.4, -0.2) is 0 Å². The summed E-state index contributed by atoms with van der Waals surface area (Å²) in [6.07, 6.45) is 0. The highest BCUT2D eigenvalue weighted by Gasteiger charge is 2.36. The predicted octanol–water partition coefficient (Wildman–Crippen LogP) is 18.9. The van der Waals surface area contributed by atoms with Crippen molar-refractivity contribution in [1.82, 2.24) is 0 Å². The van der Waals surface area contributed by atoms with Gasteiger partial charge >= 0.3 is 0 Å². The third kappa shape index (κ3) is 7.12. The molecule has 2 heteroatoms. The molecule has 11 aromatic carbocycles. The van der Waals surface area contributed by atoms with Crippen molar-refractivity contribution in [1.29, 1.82) is 0 Å². The van der Waals surface area contributed by atoms with Crippen molar-refractivity contribution in [3.8, 4) is 66.8 Å². The van der Waals surface area contributed by atoms with Crippen LogP contribution in [0.5, 0.6) is 0 Å². The molecule has 2 nitrogen and oxygen atoms in total. The van der Waals surface area contributed by atoms with Crippen LogP contribution >= 0.6 is 0 Å². The summed E-state index contributed by atoms with van der Waals surface area (Å²) in [4.78, 5) is 2.41. The molecule has 0 spiro atoms. The monoisotopic (exact) mass is 881 g/mol. The molecule has 0 atom stereocenters. The van der Waals surface area contributed by atoms with E-state index in [0.717, 1.165) is 39.0 Å². The van der Waals surface area contributed by atoms with Crippen molar-refractivity contribution in [2.45, 2.75) is 19.3 Å².